The van der Waals surface area contributed by atoms with Gasteiger partial charge in [-0.25, -0.2) is 0 Å². The molecule has 5 nitrogen and oxygen atoms in total. The van der Waals surface area contributed by atoms with Gasteiger partial charge >= 0.3 is 0 Å². The van der Waals surface area contributed by atoms with Crippen molar-refractivity contribution in [2.75, 3.05) is 6.61 Å². The van der Waals surface area contributed by atoms with Crippen LogP contribution in [-0.4, -0.2) is 18.9 Å². The maximum Gasteiger partial charge on any atom is 0.229 e. The molecular weight excluding hydrogens is 364 g/mol. The Morgan fingerprint density at radius 3 is 2.48 bits per heavy atom. The smallest absolute Gasteiger partial charge is 0.229 e. The molecule has 0 aromatic heterocycles. The minimum Gasteiger partial charge on any atom is -0.489 e. The molecule has 2 atom stereocenters. The van der Waals surface area contributed by atoms with Gasteiger partial charge in [0.15, 0.2) is 0 Å². The summed E-state index contributed by atoms with van der Waals surface area (Å²) in [6, 6.07) is 16.7. The van der Waals surface area contributed by atoms with E-state index in [1.807, 2.05) is 61.5 Å². The number of rotatable bonds is 11. The third-order valence-corrected chi connectivity index (χ3v) is 4.41. The monoisotopic (exact) mass is 390 g/mol. The first-order chi connectivity index (χ1) is 14.1. The van der Waals surface area contributed by atoms with E-state index in [0.29, 0.717) is 24.3 Å². The van der Waals surface area contributed by atoms with Crippen LogP contribution in [0.5, 0.6) is 5.75 Å². The number of nitrogens with one attached hydrogen (secondary N) is 2. The fourth-order valence-corrected chi connectivity index (χ4v) is 2.73. The Labute approximate surface area is 171 Å². The van der Waals surface area contributed by atoms with Gasteiger partial charge in [-0.3, -0.25) is 9.59 Å². The van der Waals surface area contributed by atoms with Gasteiger partial charge in [0.05, 0.1) is 5.92 Å². The predicted octanol–water partition coefficient (Wildman–Crippen LogP) is 4.03. The topological polar surface area (TPSA) is 67.4 Å². The maximum absolute atomic E-state index is 12.7. The van der Waals surface area contributed by atoms with Crippen LogP contribution in [0.1, 0.15) is 30.1 Å². The number of hydrogen-bond acceptors (Lipinski definition) is 3. The van der Waals surface area contributed by atoms with E-state index in [0.717, 1.165) is 11.1 Å². The molecule has 0 aliphatic rings. The molecule has 2 rings (SSSR count). The molecular formula is C24H26N2O3. The Morgan fingerprint density at radius 2 is 1.83 bits per heavy atom. The zero-order valence-corrected chi connectivity index (χ0v) is 16.5. The molecule has 0 saturated heterocycles. The Balaban J connectivity index is 2.12. The van der Waals surface area contributed by atoms with Gasteiger partial charge < -0.3 is 15.4 Å². The molecule has 0 radical (unpaired) electrons. The van der Waals surface area contributed by atoms with Crippen molar-refractivity contribution in [3.8, 4) is 5.75 Å². The quantitative estimate of drug-likeness (QED) is 0.346. The fourth-order valence-electron chi connectivity index (χ4n) is 2.73. The number of amides is 2. The van der Waals surface area contributed by atoms with E-state index in [1.54, 1.807) is 18.2 Å². The third-order valence-electron chi connectivity index (χ3n) is 4.41. The molecule has 2 unspecified atom stereocenters. The van der Waals surface area contributed by atoms with Crippen LogP contribution in [0.3, 0.4) is 0 Å². The van der Waals surface area contributed by atoms with Crippen molar-refractivity contribution in [3.63, 3.8) is 0 Å². The van der Waals surface area contributed by atoms with E-state index < -0.39 is 6.17 Å². The van der Waals surface area contributed by atoms with Crippen molar-refractivity contribution >= 4 is 12.3 Å². The number of carbonyl (C=O) groups is 2. The lowest BCUT2D eigenvalue weighted by Crippen LogP contribution is -2.39. The van der Waals surface area contributed by atoms with Gasteiger partial charge in [0, 0.05) is 0 Å². The van der Waals surface area contributed by atoms with Crippen molar-refractivity contribution in [2.24, 2.45) is 0 Å². The lowest BCUT2D eigenvalue weighted by Gasteiger charge is -2.21. The lowest BCUT2D eigenvalue weighted by molar-refractivity contribution is -0.123. The van der Waals surface area contributed by atoms with Gasteiger partial charge in [0.2, 0.25) is 12.3 Å². The minimum absolute atomic E-state index is 0.190. The van der Waals surface area contributed by atoms with Gasteiger partial charge in [0.1, 0.15) is 18.5 Å². The summed E-state index contributed by atoms with van der Waals surface area (Å²) >= 11 is 0. The highest BCUT2D eigenvalue weighted by atomic mass is 16.5. The van der Waals surface area contributed by atoms with Crippen LogP contribution < -0.4 is 15.4 Å². The van der Waals surface area contributed by atoms with Crippen LogP contribution in [0.15, 0.2) is 91.6 Å². The normalized spacial score (nSPS) is 12.9. The SMILES string of the molecule is C=C/C=C(\C=C)COc1cccc(C(NC=O)NC(=O)C(C)c2ccccc2)c1. The van der Waals surface area contributed by atoms with E-state index in [-0.39, 0.29) is 11.8 Å². The van der Waals surface area contributed by atoms with Gasteiger partial charge in [0.25, 0.3) is 0 Å². The zero-order chi connectivity index (χ0) is 21.1. The predicted molar refractivity (Wildman–Crippen MR) is 115 cm³/mol. The van der Waals surface area contributed by atoms with E-state index in [4.69, 9.17) is 4.74 Å². The summed E-state index contributed by atoms with van der Waals surface area (Å²) in [4.78, 5) is 23.8. The molecule has 5 heteroatoms. The third kappa shape index (κ3) is 6.50. The second kappa shape index (κ2) is 11.3. The summed E-state index contributed by atoms with van der Waals surface area (Å²) in [7, 11) is 0. The highest BCUT2D eigenvalue weighted by Gasteiger charge is 2.20. The minimum atomic E-state index is -0.669. The summed E-state index contributed by atoms with van der Waals surface area (Å²) in [6.07, 6.45) is 5.09. The molecule has 2 N–H and O–H groups in total. The summed E-state index contributed by atoms with van der Waals surface area (Å²) in [5.41, 5.74) is 2.49. The molecule has 0 aliphatic heterocycles. The van der Waals surface area contributed by atoms with Gasteiger partial charge in [-0.2, -0.15) is 0 Å². The molecule has 2 amide bonds. The van der Waals surface area contributed by atoms with Crippen LogP contribution in [0, 0.1) is 0 Å². The first-order valence-corrected chi connectivity index (χ1v) is 9.30. The largest absolute Gasteiger partial charge is 0.489 e. The molecule has 29 heavy (non-hydrogen) atoms. The average molecular weight is 390 g/mol. The lowest BCUT2D eigenvalue weighted by atomic mass is 10.00. The molecule has 0 heterocycles. The summed E-state index contributed by atoms with van der Waals surface area (Å²) in [5, 5.41) is 5.53. The van der Waals surface area contributed by atoms with Gasteiger partial charge in [-0.1, -0.05) is 73.9 Å². The average Bonchev–Trinajstić information content (AvgIpc) is 2.76. The van der Waals surface area contributed by atoms with Crippen LogP contribution in [-0.2, 0) is 9.59 Å². The Kier molecular flexibility index (Phi) is 8.45. The Bertz CT molecular complexity index is 875. The van der Waals surface area contributed by atoms with E-state index in [1.165, 1.54) is 0 Å². The molecule has 0 spiro atoms. The van der Waals surface area contributed by atoms with Gasteiger partial charge in [-0.15, -0.1) is 0 Å². The first kappa shape index (κ1) is 21.7. The summed E-state index contributed by atoms with van der Waals surface area (Å²) in [5.74, 6) is 0.0675. The summed E-state index contributed by atoms with van der Waals surface area (Å²) < 4.78 is 5.79. The number of allylic oxidation sites excluding steroid dienone is 2. The van der Waals surface area contributed by atoms with E-state index >= 15 is 0 Å². The summed E-state index contributed by atoms with van der Waals surface area (Å²) in [6.45, 7) is 9.57. The van der Waals surface area contributed by atoms with E-state index in [2.05, 4.69) is 23.8 Å². The highest BCUT2D eigenvalue weighted by Crippen LogP contribution is 2.21. The van der Waals surface area contributed by atoms with Crippen molar-refractivity contribution in [3.05, 3.63) is 103 Å². The van der Waals surface area contributed by atoms with Crippen LogP contribution in [0.4, 0.5) is 0 Å². The fraction of sp³-hybridized carbons (Fsp3) is 0.167. The molecule has 2 aromatic carbocycles. The Morgan fingerprint density at radius 1 is 1.10 bits per heavy atom. The second-order valence-electron chi connectivity index (χ2n) is 6.40. The zero-order valence-electron chi connectivity index (χ0n) is 16.5. The highest BCUT2D eigenvalue weighted by molar-refractivity contribution is 5.83. The molecule has 2 aromatic rings. The molecule has 0 saturated carbocycles. The number of benzene rings is 2. The van der Waals surface area contributed by atoms with Crippen LogP contribution in [0.25, 0.3) is 0 Å². The number of carbonyl (C=O) groups excluding carboxylic acids is 2. The molecule has 0 bridgehead atoms. The second-order valence-corrected chi connectivity index (χ2v) is 6.40. The van der Waals surface area contributed by atoms with Crippen LogP contribution >= 0.6 is 0 Å². The maximum atomic E-state index is 12.7. The van der Waals surface area contributed by atoms with Gasteiger partial charge in [-0.05, 0) is 35.8 Å². The van der Waals surface area contributed by atoms with Crippen molar-refractivity contribution < 1.29 is 14.3 Å². The van der Waals surface area contributed by atoms with Crippen molar-refractivity contribution in [1.29, 1.82) is 0 Å². The number of ether oxygens (including phenoxy) is 1. The molecule has 150 valence electrons. The first-order valence-electron chi connectivity index (χ1n) is 9.30. The molecule has 0 aliphatic carbocycles. The Hall–Kier alpha value is -3.60. The van der Waals surface area contributed by atoms with E-state index in [9.17, 15) is 9.59 Å². The molecule has 0 fully saturated rings. The van der Waals surface area contributed by atoms with Crippen LogP contribution in [0.2, 0.25) is 0 Å². The van der Waals surface area contributed by atoms with Crippen molar-refractivity contribution in [1.82, 2.24) is 10.6 Å². The number of hydrogen-bond donors (Lipinski definition) is 2. The standard InChI is InChI=1S/C24H26N2O3/c1-4-10-19(5-2)16-29-22-14-9-13-21(15-22)23(25-17-27)26-24(28)18(3)20-11-7-6-8-12-20/h4-15,17-18,23H,1-2,16H2,3H3,(H,25,27)(H,26,28)/b19-10+. The van der Waals surface area contributed by atoms with Crippen molar-refractivity contribution in [2.45, 2.75) is 19.0 Å².